The van der Waals surface area contributed by atoms with Gasteiger partial charge in [0.2, 0.25) is 0 Å². The minimum absolute atomic E-state index is 0.142. The van der Waals surface area contributed by atoms with Gasteiger partial charge in [0, 0.05) is 49.5 Å². The molecule has 1 unspecified atom stereocenters. The van der Waals surface area contributed by atoms with E-state index in [4.69, 9.17) is 0 Å². The van der Waals surface area contributed by atoms with Gasteiger partial charge in [-0.05, 0) is 25.3 Å². The first-order chi connectivity index (χ1) is 14.8. The van der Waals surface area contributed by atoms with Crippen LogP contribution in [0.1, 0.15) is 46.3 Å². The number of aromatic nitrogens is 6. The Hall–Kier alpha value is -3.63. The van der Waals surface area contributed by atoms with Crippen molar-refractivity contribution >= 4 is 11.6 Å². The fourth-order valence-electron chi connectivity index (χ4n) is 3.91. The van der Waals surface area contributed by atoms with E-state index in [1.807, 2.05) is 35.1 Å². The number of nitrogens with zero attached hydrogens (tertiary/aromatic N) is 6. The highest BCUT2D eigenvalue weighted by atomic mass is 19.4. The maximum absolute atomic E-state index is 12.9. The molecule has 8 nitrogen and oxygen atoms in total. The highest BCUT2D eigenvalue weighted by Crippen LogP contribution is 2.31. The van der Waals surface area contributed by atoms with Crippen molar-refractivity contribution in [2.75, 3.05) is 0 Å². The van der Waals surface area contributed by atoms with Crippen LogP contribution in [0.3, 0.4) is 0 Å². The summed E-state index contributed by atoms with van der Waals surface area (Å²) < 4.78 is 43.3. The van der Waals surface area contributed by atoms with Crippen LogP contribution in [-0.4, -0.2) is 34.9 Å². The van der Waals surface area contributed by atoms with Crippen LogP contribution < -0.4 is 5.32 Å². The van der Waals surface area contributed by atoms with E-state index >= 15 is 0 Å². The summed E-state index contributed by atoms with van der Waals surface area (Å²) in [4.78, 5) is 17.0. The van der Waals surface area contributed by atoms with Gasteiger partial charge in [0.25, 0.3) is 5.91 Å². The van der Waals surface area contributed by atoms with E-state index in [9.17, 15) is 18.0 Å². The highest BCUT2D eigenvalue weighted by molar-refractivity contribution is 5.93. The van der Waals surface area contributed by atoms with E-state index in [2.05, 4.69) is 20.5 Å². The number of aryl methyl sites for hydroxylation is 2. The zero-order valence-corrected chi connectivity index (χ0v) is 16.5. The van der Waals surface area contributed by atoms with E-state index in [-0.39, 0.29) is 11.7 Å². The van der Waals surface area contributed by atoms with Crippen molar-refractivity contribution in [1.29, 1.82) is 0 Å². The molecular weight excluding hydrogens is 411 g/mol. The second-order valence-corrected chi connectivity index (χ2v) is 7.51. The topological polar surface area (TPSA) is 82.0 Å². The molecule has 0 bridgehead atoms. The van der Waals surface area contributed by atoms with Crippen LogP contribution in [0.25, 0.3) is 11.3 Å². The maximum Gasteiger partial charge on any atom is 0.435 e. The second kappa shape index (κ2) is 6.96. The normalized spacial score (nSPS) is 16.5. The number of rotatable bonds is 3. The van der Waals surface area contributed by atoms with Crippen LogP contribution in [0.2, 0.25) is 0 Å². The molecule has 1 atom stereocenters. The molecule has 1 aliphatic carbocycles. The number of halogens is 3. The van der Waals surface area contributed by atoms with Crippen LogP contribution in [0.4, 0.5) is 13.2 Å². The maximum atomic E-state index is 12.9. The van der Waals surface area contributed by atoms with Crippen LogP contribution >= 0.6 is 0 Å². The van der Waals surface area contributed by atoms with Gasteiger partial charge in [-0.15, -0.1) is 0 Å². The van der Waals surface area contributed by atoms with Gasteiger partial charge < -0.3 is 9.72 Å². The van der Waals surface area contributed by atoms with E-state index in [1.165, 1.54) is 7.05 Å². The number of imidazole rings is 1. The Balaban J connectivity index is 1.42. The first kappa shape index (κ1) is 19.3. The van der Waals surface area contributed by atoms with Crippen LogP contribution in [-0.2, 0) is 19.6 Å². The molecule has 11 heteroatoms. The molecule has 31 heavy (non-hydrogen) atoms. The molecule has 0 aliphatic heterocycles. The third-order valence-corrected chi connectivity index (χ3v) is 5.46. The number of amides is 1. The van der Waals surface area contributed by atoms with Gasteiger partial charge in [0.05, 0.1) is 17.4 Å². The summed E-state index contributed by atoms with van der Waals surface area (Å²) in [5.41, 5.74) is 2.11. The molecule has 160 valence electrons. The van der Waals surface area contributed by atoms with Crippen LogP contribution in [0.15, 0.2) is 43.0 Å². The van der Waals surface area contributed by atoms with Crippen molar-refractivity contribution < 1.29 is 18.0 Å². The molecule has 5 rings (SSSR count). The Morgan fingerprint density at radius 1 is 1.23 bits per heavy atom. The number of carbonyl (C=O) groups excluding carboxylic acids is 1. The number of pyridine rings is 1. The molecule has 0 radical (unpaired) electrons. The summed E-state index contributed by atoms with van der Waals surface area (Å²) >= 11 is 0. The zero-order chi connectivity index (χ0) is 21.8. The molecule has 1 amide bonds. The Morgan fingerprint density at radius 3 is 2.84 bits per heavy atom. The minimum Gasteiger partial charge on any atom is -0.344 e. The van der Waals surface area contributed by atoms with E-state index in [1.54, 1.807) is 10.9 Å². The smallest absolute Gasteiger partial charge is 0.344 e. The van der Waals surface area contributed by atoms with Crippen molar-refractivity contribution in [1.82, 2.24) is 34.3 Å². The van der Waals surface area contributed by atoms with Gasteiger partial charge in [0.15, 0.2) is 5.69 Å². The fraction of sp³-hybridized carbons (Fsp3) is 0.300. The van der Waals surface area contributed by atoms with Gasteiger partial charge in [-0.2, -0.15) is 23.4 Å². The van der Waals surface area contributed by atoms with Gasteiger partial charge >= 0.3 is 6.18 Å². The Labute approximate surface area is 174 Å². The van der Waals surface area contributed by atoms with Gasteiger partial charge in [-0.25, -0.2) is 9.67 Å². The molecular formula is C20H18F3N7O. The number of hydrogen-bond acceptors (Lipinski definition) is 4. The third kappa shape index (κ3) is 3.45. The van der Waals surface area contributed by atoms with E-state index in [0.717, 1.165) is 46.2 Å². The summed E-state index contributed by atoms with van der Waals surface area (Å²) in [5.74, 6) is -0.602. The fourth-order valence-corrected chi connectivity index (χ4v) is 3.91. The molecule has 4 aromatic heterocycles. The lowest BCUT2D eigenvalue weighted by Crippen LogP contribution is -2.31. The summed E-state index contributed by atoms with van der Waals surface area (Å²) in [6, 6.07) is 4.24. The van der Waals surface area contributed by atoms with E-state index in [0.29, 0.717) is 6.42 Å². The highest BCUT2D eigenvalue weighted by Gasteiger charge is 2.36. The summed E-state index contributed by atoms with van der Waals surface area (Å²) in [6.07, 6.45) is 4.95. The molecule has 4 heterocycles. The third-order valence-electron chi connectivity index (χ3n) is 5.46. The summed E-state index contributed by atoms with van der Waals surface area (Å²) in [5, 5.41) is 10.9. The average Bonchev–Trinajstić information content (AvgIpc) is 3.44. The Kier molecular flexibility index (Phi) is 4.34. The quantitative estimate of drug-likeness (QED) is 0.543. The largest absolute Gasteiger partial charge is 0.435 e. The number of alkyl halides is 3. The van der Waals surface area contributed by atoms with Crippen LogP contribution in [0.5, 0.6) is 0 Å². The second-order valence-electron chi connectivity index (χ2n) is 7.51. The lowest BCUT2D eigenvalue weighted by atomic mass is 9.93. The number of fused-ring (bicyclic) bond motifs is 2. The predicted molar refractivity (Wildman–Crippen MR) is 104 cm³/mol. The molecule has 0 aromatic carbocycles. The van der Waals surface area contributed by atoms with Gasteiger partial charge in [-0.3, -0.25) is 9.48 Å². The monoisotopic (exact) mass is 429 g/mol. The predicted octanol–water partition coefficient (Wildman–Crippen LogP) is 3.08. The summed E-state index contributed by atoms with van der Waals surface area (Å²) in [7, 11) is 1.32. The summed E-state index contributed by atoms with van der Waals surface area (Å²) in [6.45, 7) is 0. The molecule has 0 spiro atoms. The van der Waals surface area contributed by atoms with Crippen molar-refractivity contribution in [2.45, 2.75) is 31.5 Å². The SMILES string of the molecule is Cn1nc(C(F)(F)F)cc1C(=O)NC1CCCc2nn(-c3ccn4ccnc4c3)cc21. The molecule has 0 saturated carbocycles. The molecule has 0 fully saturated rings. The number of hydrogen-bond donors (Lipinski definition) is 1. The molecule has 1 N–H and O–H groups in total. The van der Waals surface area contributed by atoms with Crippen molar-refractivity contribution in [3.63, 3.8) is 0 Å². The zero-order valence-electron chi connectivity index (χ0n) is 16.5. The van der Waals surface area contributed by atoms with Crippen molar-refractivity contribution in [3.05, 3.63) is 65.6 Å². The van der Waals surface area contributed by atoms with Gasteiger partial charge in [0.1, 0.15) is 11.3 Å². The first-order valence-corrected chi connectivity index (χ1v) is 9.73. The lowest BCUT2D eigenvalue weighted by Gasteiger charge is -2.22. The Morgan fingerprint density at radius 2 is 2.06 bits per heavy atom. The molecule has 1 aliphatic rings. The molecule has 0 saturated heterocycles. The first-order valence-electron chi connectivity index (χ1n) is 9.73. The van der Waals surface area contributed by atoms with Gasteiger partial charge in [-0.1, -0.05) is 0 Å². The van der Waals surface area contributed by atoms with Crippen molar-refractivity contribution in [2.24, 2.45) is 7.05 Å². The number of nitrogens with one attached hydrogen (secondary N) is 1. The Bertz CT molecular complexity index is 1280. The standard InChI is InChI=1S/C20H18F3N7O/c1-28-16(10-17(27-28)20(21,22)23)19(31)25-14-3-2-4-15-13(14)11-30(26-15)12-5-7-29-8-6-24-18(29)9-12/h5-11,14H,2-4H2,1H3,(H,25,31). The van der Waals surface area contributed by atoms with E-state index < -0.39 is 17.8 Å². The van der Waals surface area contributed by atoms with Crippen LogP contribution in [0, 0.1) is 0 Å². The number of carbonyl (C=O) groups is 1. The van der Waals surface area contributed by atoms with Crippen molar-refractivity contribution in [3.8, 4) is 5.69 Å². The lowest BCUT2D eigenvalue weighted by molar-refractivity contribution is -0.141. The average molecular weight is 429 g/mol. The minimum atomic E-state index is -4.61. The molecule has 4 aromatic rings.